The average Bonchev–Trinajstić information content (AvgIpc) is 2.40. The first-order valence-corrected chi connectivity index (χ1v) is 6.57. The first-order chi connectivity index (χ1) is 8.66. The van der Waals surface area contributed by atoms with Gasteiger partial charge < -0.3 is 4.90 Å². The van der Waals surface area contributed by atoms with Crippen molar-refractivity contribution in [3.63, 3.8) is 0 Å². The van der Waals surface area contributed by atoms with Crippen LogP contribution >= 0.6 is 11.6 Å². The first-order valence-electron chi connectivity index (χ1n) is 6.13. The van der Waals surface area contributed by atoms with Gasteiger partial charge in [-0.2, -0.15) is 0 Å². The SMILES string of the molecule is Cc1ccc(C(Cl)CN(C)c2ccccc2)cc1. The lowest BCUT2D eigenvalue weighted by molar-refractivity contribution is 0.850. The van der Waals surface area contributed by atoms with Crippen LogP contribution in [0.25, 0.3) is 0 Å². The smallest absolute Gasteiger partial charge is 0.0760 e. The van der Waals surface area contributed by atoms with E-state index in [9.17, 15) is 0 Å². The molecule has 1 unspecified atom stereocenters. The minimum atomic E-state index is 0.0100. The lowest BCUT2D eigenvalue weighted by Crippen LogP contribution is -2.21. The second-order valence-corrected chi connectivity index (χ2v) is 5.12. The van der Waals surface area contributed by atoms with E-state index >= 15 is 0 Å². The number of aryl methyl sites for hydroxylation is 1. The van der Waals surface area contributed by atoms with E-state index in [1.54, 1.807) is 0 Å². The van der Waals surface area contributed by atoms with Gasteiger partial charge >= 0.3 is 0 Å². The molecule has 0 aromatic heterocycles. The van der Waals surface area contributed by atoms with E-state index in [4.69, 9.17) is 11.6 Å². The number of para-hydroxylation sites is 1. The van der Waals surface area contributed by atoms with Crippen LogP contribution in [0.4, 0.5) is 5.69 Å². The summed E-state index contributed by atoms with van der Waals surface area (Å²) in [6.45, 7) is 2.89. The van der Waals surface area contributed by atoms with E-state index in [2.05, 4.69) is 55.3 Å². The van der Waals surface area contributed by atoms with Crippen molar-refractivity contribution >= 4 is 17.3 Å². The highest BCUT2D eigenvalue weighted by Crippen LogP contribution is 2.23. The summed E-state index contributed by atoms with van der Waals surface area (Å²) in [7, 11) is 2.07. The van der Waals surface area contributed by atoms with Crippen LogP contribution in [-0.4, -0.2) is 13.6 Å². The van der Waals surface area contributed by atoms with Gasteiger partial charge in [-0.1, -0.05) is 48.0 Å². The van der Waals surface area contributed by atoms with Gasteiger partial charge in [-0.3, -0.25) is 0 Å². The third-order valence-electron chi connectivity index (χ3n) is 3.07. The largest absolute Gasteiger partial charge is 0.373 e. The summed E-state index contributed by atoms with van der Waals surface area (Å²) in [5.41, 5.74) is 3.62. The van der Waals surface area contributed by atoms with Gasteiger partial charge in [0.2, 0.25) is 0 Å². The van der Waals surface area contributed by atoms with Crippen LogP contribution in [0.2, 0.25) is 0 Å². The fourth-order valence-electron chi connectivity index (χ4n) is 1.91. The highest BCUT2D eigenvalue weighted by Gasteiger charge is 2.11. The van der Waals surface area contributed by atoms with Crippen molar-refractivity contribution in [2.75, 3.05) is 18.5 Å². The number of anilines is 1. The Labute approximate surface area is 114 Å². The molecule has 0 aliphatic rings. The minimum Gasteiger partial charge on any atom is -0.373 e. The number of alkyl halides is 1. The van der Waals surface area contributed by atoms with Crippen molar-refractivity contribution in [3.05, 3.63) is 65.7 Å². The van der Waals surface area contributed by atoms with Crippen molar-refractivity contribution in [1.29, 1.82) is 0 Å². The number of hydrogen-bond donors (Lipinski definition) is 0. The van der Waals surface area contributed by atoms with Gasteiger partial charge in [-0.25, -0.2) is 0 Å². The molecule has 1 nitrogen and oxygen atoms in total. The monoisotopic (exact) mass is 259 g/mol. The van der Waals surface area contributed by atoms with Crippen molar-refractivity contribution in [2.45, 2.75) is 12.3 Å². The Morgan fingerprint density at radius 1 is 1.00 bits per heavy atom. The normalized spacial score (nSPS) is 12.2. The van der Waals surface area contributed by atoms with E-state index in [1.807, 2.05) is 18.2 Å². The lowest BCUT2D eigenvalue weighted by Gasteiger charge is -2.22. The average molecular weight is 260 g/mol. The molecular weight excluding hydrogens is 242 g/mol. The number of likely N-dealkylation sites (N-methyl/N-ethyl adjacent to an activating group) is 1. The Morgan fingerprint density at radius 3 is 2.22 bits per heavy atom. The molecule has 0 saturated carbocycles. The van der Waals surface area contributed by atoms with Gasteiger partial charge in [0.15, 0.2) is 0 Å². The van der Waals surface area contributed by atoms with Gasteiger partial charge in [0.1, 0.15) is 0 Å². The predicted octanol–water partition coefficient (Wildman–Crippen LogP) is 4.41. The summed E-state index contributed by atoms with van der Waals surface area (Å²) in [6, 6.07) is 18.7. The lowest BCUT2D eigenvalue weighted by atomic mass is 10.1. The zero-order valence-electron chi connectivity index (χ0n) is 10.8. The summed E-state index contributed by atoms with van der Waals surface area (Å²) in [5, 5.41) is 0.0100. The molecule has 0 aliphatic carbocycles. The Bertz CT molecular complexity index is 478. The molecule has 2 heteroatoms. The summed E-state index contributed by atoms with van der Waals surface area (Å²) in [4.78, 5) is 2.18. The summed E-state index contributed by atoms with van der Waals surface area (Å²) >= 11 is 6.46. The predicted molar refractivity (Wildman–Crippen MR) is 79.5 cm³/mol. The van der Waals surface area contributed by atoms with Crippen LogP contribution in [0.15, 0.2) is 54.6 Å². The molecule has 2 aromatic rings. The topological polar surface area (TPSA) is 3.24 Å². The van der Waals surface area contributed by atoms with Crippen LogP contribution < -0.4 is 4.90 Å². The number of rotatable bonds is 4. The molecule has 0 saturated heterocycles. The van der Waals surface area contributed by atoms with Gasteiger partial charge in [0.05, 0.1) is 5.38 Å². The molecule has 0 spiro atoms. The molecular formula is C16H18ClN. The van der Waals surface area contributed by atoms with Crippen molar-refractivity contribution in [3.8, 4) is 0 Å². The van der Waals surface area contributed by atoms with Crippen LogP contribution in [0.5, 0.6) is 0 Å². The Morgan fingerprint density at radius 2 is 1.61 bits per heavy atom. The molecule has 1 atom stereocenters. The van der Waals surface area contributed by atoms with Crippen LogP contribution in [0.3, 0.4) is 0 Å². The quantitative estimate of drug-likeness (QED) is 0.735. The zero-order valence-corrected chi connectivity index (χ0v) is 11.6. The Kier molecular flexibility index (Phi) is 4.27. The molecule has 0 radical (unpaired) electrons. The number of hydrogen-bond acceptors (Lipinski definition) is 1. The van der Waals surface area contributed by atoms with Crippen molar-refractivity contribution in [1.82, 2.24) is 0 Å². The van der Waals surface area contributed by atoms with E-state index in [0.717, 1.165) is 6.54 Å². The van der Waals surface area contributed by atoms with Gasteiger partial charge in [-0.05, 0) is 24.6 Å². The van der Waals surface area contributed by atoms with Crippen LogP contribution in [0.1, 0.15) is 16.5 Å². The van der Waals surface area contributed by atoms with E-state index in [0.29, 0.717) is 0 Å². The van der Waals surface area contributed by atoms with Gasteiger partial charge in [0.25, 0.3) is 0 Å². The first kappa shape index (κ1) is 13.0. The fraction of sp³-hybridized carbons (Fsp3) is 0.250. The summed E-state index contributed by atoms with van der Waals surface area (Å²) in [6.07, 6.45) is 0. The third-order valence-corrected chi connectivity index (χ3v) is 3.46. The molecule has 0 amide bonds. The van der Waals surface area contributed by atoms with Crippen molar-refractivity contribution < 1.29 is 0 Å². The number of nitrogens with zero attached hydrogens (tertiary/aromatic N) is 1. The molecule has 2 rings (SSSR count). The third kappa shape index (κ3) is 3.27. The minimum absolute atomic E-state index is 0.0100. The van der Waals surface area contributed by atoms with Gasteiger partial charge in [-0.15, -0.1) is 11.6 Å². The van der Waals surface area contributed by atoms with Crippen LogP contribution in [0, 0.1) is 6.92 Å². The molecule has 0 N–H and O–H groups in total. The second kappa shape index (κ2) is 5.92. The fourth-order valence-corrected chi connectivity index (χ4v) is 2.26. The van der Waals surface area contributed by atoms with Crippen LogP contribution in [-0.2, 0) is 0 Å². The highest BCUT2D eigenvalue weighted by molar-refractivity contribution is 6.21. The van der Waals surface area contributed by atoms with E-state index in [-0.39, 0.29) is 5.38 Å². The standard InChI is InChI=1S/C16H18ClN/c1-13-8-10-14(11-9-13)16(17)12-18(2)15-6-4-3-5-7-15/h3-11,16H,12H2,1-2H3. The molecule has 0 aliphatic heterocycles. The molecule has 94 valence electrons. The van der Waals surface area contributed by atoms with E-state index in [1.165, 1.54) is 16.8 Å². The highest BCUT2D eigenvalue weighted by atomic mass is 35.5. The second-order valence-electron chi connectivity index (χ2n) is 4.59. The van der Waals surface area contributed by atoms with Gasteiger partial charge in [0, 0.05) is 19.3 Å². The van der Waals surface area contributed by atoms with E-state index < -0.39 is 0 Å². The number of halogens is 1. The maximum Gasteiger partial charge on any atom is 0.0760 e. The molecule has 18 heavy (non-hydrogen) atoms. The molecule has 0 heterocycles. The maximum absolute atomic E-state index is 6.46. The molecule has 0 bridgehead atoms. The number of benzene rings is 2. The Hall–Kier alpha value is -1.47. The Balaban J connectivity index is 2.03. The summed E-state index contributed by atoms with van der Waals surface area (Å²) in [5.74, 6) is 0. The zero-order chi connectivity index (χ0) is 13.0. The molecule has 2 aromatic carbocycles. The van der Waals surface area contributed by atoms with Crippen molar-refractivity contribution in [2.24, 2.45) is 0 Å². The maximum atomic E-state index is 6.46. The summed E-state index contributed by atoms with van der Waals surface area (Å²) < 4.78 is 0. The molecule has 0 fully saturated rings.